The fourth-order valence-corrected chi connectivity index (χ4v) is 2.27. The third-order valence-electron chi connectivity index (χ3n) is 3.59. The molecule has 0 saturated carbocycles. The Balaban J connectivity index is 2.34. The zero-order valence-electron chi connectivity index (χ0n) is 13.9. The van der Waals surface area contributed by atoms with Crippen molar-refractivity contribution in [3.63, 3.8) is 0 Å². The molecule has 0 bridgehead atoms. The highest BCUT2D eigenvalue weighted by Gasteiger charge is 2.23. The Morgan fingerprint density at radius 3 is 2.50 bits per heavy atom. The van der Waals surface area contributed by atoms with Gasteiger partial charge in [-0.15, -0.1) is 0 Å². The molecule has 0 aliphatic heterocycles. The molecule has 1 N–H and O–H groups in total. The van der Waals surface area contributed by atoms with Crippen LogP contribution in [0.5, 0.6) is 0 Å². The summed E-state index contributed by atoms with van der Waals surface area (Å²) in [7, 11) is 1.80. The van der Waals surface area contributed by atoms with Crippen molar-refractivity contribution in [3.05, 3.63) is 23.0 Å². The van der Waals surface area contributed by atoms with E-state index in [2.05, 4.69) is 15.4 Å². The summed E-state index contributed by atoms with van der Waals surface area (Å²) in [6, 6.07) is 1.73. The average Bonchev–Trinajstić information content (AvgIpc) is 2.68. The van der Waals surface area contributed by atoms with Crippen molar-refractivity contribution in [1.82, 2.24) is 20.1 Å². The molecule has 0 aliphatic carbocycles. The van der Waals surface area contributed by atoms with Crippen LogP contribution in [0.2, 0.25) is 0 Å². The summed E-state index contributed by atoms with van der Waals surface area (Å²) in [6.07, 6.45) is 0. The van der Waals surface area contributed by atoms with E-state index in [4.69, 9.17) is 0 Å². The van der Waals surface area contributed by atoms with Crippen LogP contribution in [-0.4, -0.2) is 33.0 Å². The highest BCUT2D eigenvalue weighted by Crippen LogP contribution is 2.21. The van der Waals surface area contributed by atoms with Crippen LogP contribution in [0.1, 0.15) is 42.5 Å². The molecule has 22 heavy (non-hydrogen) atoms. The van der Waals surface area contributed by atoms with Gasteiger partial charge in [0.1, 0.15) is 0 Å². The highest BCUT2D eigenvalue weighted by molar-refractivity contribution is 6.07. The minimum Gasteiger partial charge on any atom is -0.345 e. The van der Waals surface area contributed by atoms with E-state index in [0.717, 1.165) is 16.8 Å². The molecule has 118 valence electrons. The van der Waals surface area contributed by atoms with Gasteiger partial charge < -0.3 is 5.32 Å². The number of ketones is 1. The molecular formula is C16H22N4O2. The first-order chi connectivity index (χ1) is 10.1. The normalized spacial score (nSPS) is 11.7. The zero-order chi connectivity index (χ0) is 16.7. The molecular weight excluding hydrogens is 280 g/mol. The van der Waals surface area contributed by atoms with Crippen molar-refractivity contribution >= 4 is 22.7 Å². The molecule has 0 fully saturated rings. The number of nitrogens with one attached hydrogen (secondary N) is 1. The molecule has 6 nitrogen and oxygen atoms in total. The first-order valence-electron chi connectivity index (χ1n) is 7.23. The minimum absolute atomic E-state index is 0.00854. The second kappa shape index (κ2) is 5.51. The molecule has 0 atom stereocenters. The number of carbonyl (C=O) groups excluding carboxylic acids is 2. The molecule has 2 aromatic heterocycles. The van der Waals surface area contributed by atoms with Gasteiger partial charge in [-0.05, 0) is 19.9 Å². The van der Waals surface area contributed by atoms with E-state index in [1.165, 1.54) is 0 Å². The predicted octanol–water partition coefficient (Wildman–Crippen LogP) is 1.93. The lowest BCUT2D eigenvalue weighted by Crippen LogP contribution is -2.35. The van der Waals surface area contributed by atoms with Crippen molar-refractivity contribution in [3.8, 4) is 0 Å². The Morgan fingerprint density at radius 1 is 1.27 bits per heavy atom. The molecule has 0 spiro atoms. The predicted molar refractivity (Wildman–Crippen MR) is 84.8 cm³/mol. The van der Waals surface area contributed by atoms with Crippen LogP contribution < -0.4 is 5.32 Å². The van der Waals surface area contributed by atoms with Crippen molar-refractivity contribution in [1.29, 1.82) is 0 Å². The SMILES string of the molecule is Cc1cc(C(=O)NCC(=O)C(C)(C)C)c2c(C)nn(C)c2n1. The number of hydrogen-bond acceptors (Lipinski definition) is 4. The largest absolute Gasteiger partial charge is 0.345 e. The van der Waals surface area contributed by atoms with Crippen molar-refractivity contribution in [2.24, 2.45) is 12.5 Å². The van der Waals surface area contributed by atoms with Gasteiger partial charge in [0.25, 0.3) is 5.91 Å². The molecule has 2 rings (SSSR count). The van der Waals surface area contributed by atoms with Crippen molar-refractivity contribution in [2.75, 3.05) is 6.54 Å². The third-order valence-corrected chi connectivity index (χ3v) is 3.59. The summed E-state index contributed by atoms with van der Waals surface area (Å²) in [4.78, 5) is 28.9. The van der Waals surface area contributed by atoms with Crippen LogP contribution in [0.25, 0.3) is 11.0 Å². The highest BCUT2D eigenvalue weighted by atomic mass is 16.2. The van der Waals surface area contributed by atoms with E-state index in [1.807, 2.05) is 34.6 Å². The number of fused-ring (bicyclic) bond motifs is 1. The maximum Gasteiger partial charge on any atom is 0.252 e. The molecule has 0 aliphatic rings. The lowest BCUT2D eigenvalue weighted by Gasteiger charge is -2.17. The number of amides is 1. The number of nitrogens with zero attached hydrogens (tertiary/aromatic N) is 3. The molecule has 1 amide bonds. The van der Waals surface area contributed by atoms with Gasteiger partial charge in [-0.25, -0.2) is 4.98 Å². The van der Waals surface area contributed by atoms with E-state index < -0.39 is 5.41 Å². The number of aryl methyl sites for hydroxylation is 3. The topological polar surface area (TPSA) is 76.9 Å². The van der Waals surface area contributed by atoms with E-state index in [0.29, 0.717) is 11.2 Å². The summed E-state index contributed by atoms with van der Waals surface area (Å²) < 4.78 is 1.66. The number of pyridine rings is 1. The number of rotatable bonds is 3. The summed E-state index contributed by atoms with van der Waals surface area (Å²) in [5.74, 6) is -0.282. The quantitative estimate of drug-likeness (QED) is 0.940. The Morgan fingerprint density at radius 2 is 1.91 bits per heavy atom. The summed E-state index contributed by atoms with van der Waals surface area (Å²) >= 11 is 0. The molecule has 0 radical (unpaired) electrons. The van der Waals surface area contributed by atoms with Gasteiger partial charge in [0.05, 0.1) is 23.2 Å². The molecule has 6 heteroatoms. The van der Waals surface area contributed by atoms with Crippen molar-refractivity contribution < 1.29 is 9.59 Å². The second-order valence-electron chi connectivity index (χ2n) is 6.57. The van der Waals surface area contributed by atoms with Crippen LogP contribution in [-0.2, 0) is 11.8 Å². The molecule has 0 unspecified atom stereocenters. The summed E-state index contributed by atoms with van der Waals surface area (Å²) in [5.41, 5.74) is 2.20. The Kier molecular flexibility index (Phi) is 4.04. The standard InChI is InChI=1S/C16H22N4O2/c1-9-7-11(13-10(2)19-20(6)14(13)18-9)15(22)17-8-12(21)16(3,4)5/h7H,8H2,1-6H3,(H,17,22). The maximum absolute atomic E-state index is 12.5. The van der Waals surface area contributed by atoms with Crippen molar-refractivity contribution in [2.45, 2.75) is 34.6 Å². The fourth-order valence-electron chi connectivity index (χ4n) is 2.27. The Bertz CT molecular complexity index is 754. The van der Waals surface area contributed by atoms with Crippen LogP contribution in [0, 0.1) is 19.3 Å². The fraction of sp³-hybridized carbons (Fsp3) is 0.500. The van der Waals surface area contributed by atoms with Gasteiger partial charge in [-0.3, -0.25) is 14.3 Å². The van der Waals surface area contributed by atoms with Crippen LogP contribution in [0.3, 0.4) is 0 Å². The van der Waals surface area contributed by atoms with Gasteiger partial charge in [-0.1, -0.05) is 20.8 Å². The number of aromatic nitrogens is 3. The smallest absolute Gasteiger partial charge is 0.252 e. The second-order valence-corrected chi connectivity index (χ2v) is 6.57. The molecule has 0 aromatic carbocycles. The van der Waals surface area contributed by atoms with Gasteiger partial charge >= 0.3 is 0 Å². The summed E-state index contributed by atoms with van der Waals surface area (Å²) in [6.45, 7) is 9.20. The Labute approximate surface area is 129 Å². The molecule has 2 heterocycles. The van der Waals surface area contributed by atoms with Gasteiger partial charge in [0.15, 0.2) is 11.4 Å². The molecule has 2 aromatic rings. The van der Waals surface area contributed by atoms with E-state index in [1.54, 1.807) is 17.8 Å². The monoisotopic (exact) mass is 302 g/mol. The minimum atomic E-state index is -0.471. The number of Topliss-reactive ketones (excluding diaryl/α,β-unsaturated/α-hetero) is 1. The Hall–Kier alpha value is -2.24. The average molecular weight is 302 g/mol. The lowest BCUT2D eigenvalue weighted by molar-refractivity contribution is -0.125. The number of carbonyl (C=O) groups is 2. The van der Waals surface area contributed by atoms with E-state index in [-0.39, 0.29) is 18.2 Å². The van der Waals surface area contributed by atoms with Gasteiger partial charge in [-0.2, -0.15) is 5.10 Å². The third kappa shape index (κ3) is 3.00. The van der Waals surface area contributed by atoms with Gasteiger partial charge in [0.2, 0.25) is 0 Å². The zero-order valence-corrected chi connectivity index (χ0v) is 13.9. The maximum atomic E-state index is 12.5. The number of hydrogen-bond donors (Lipinski definition) is 1. The van der Waals surface area contributed by atoms with E-state index in [9.17, 15) is 9.59 Å². The lowest BCUT2D eigenvalue weighted by atomic mass is 9.91. The first-order valence-corrected chi connectivity index (χ1v) is 7.23. The molecule has 0 saturated heterocycles. The summed E-state index contributed by atoms with van der Waals surface area (Å²) in [5, 5.41) is 7.75. The van der Waals surface area contributed by atoms with E-state index >= 15 is 0 Å². The van der Waals surface area contributed by atoms with Crippen LogP contribution in [0.4, 0.5) is 0 Å². The van der Waals surface area contributed by atoms with Crippen LogP contribution >= 0.6 is 0 Å². The van der Waals surface area contributed by atoms with Crippen LogP contribution in [0.15, 0.2) is 6.07 Å². The first kappa shape index (κ1) is 16.1. The van der Waals surface area contributed by atoms with Gasteiger partial charge in [0, 0.05) is 18.2 Å².